The summed E-state index contributed by atoms with van der Waals surface area (Å²) in [4.78, 5) is 5.01. The van der Waals surface area contributed by atoms with Crippen LogP contribution in [0.4, 0.5) is 0 Å². The molecule has 43 heavy (non-hydrogen) atoms. The minimum atomic E-state index is -2.50. The summed E-state index contributed by atoms with van der Waals surface area (Å²) in [5, 5.41) is 4.28. The molecule has 0 amide bonds. The van der Waals surface area contributed by atoms with Crippen molar-refractivity contribution in [2.45, 2.75) is 38.2 Å². The molecule has 0 fully saturated rings. The van der Waals surface area contributed by atoms with E-state index in [0.29, 0.717) is 0 Å². The molecule has 2 nitrogen and oxygen atoms in total. The Balaban J connectivity index is 1.46. The van der Waals surface area contributed by atoms with Crippen molar-refractivity contribution in [3.63, 3.8) is 0 Å². The zero-order valence-electron chi connectivity index (χ0n) is 25.0. The number of hydrogen-bond acceptors (Lipinski definition) is 1. The number of benzene rings is 5. The summed E-state index contributed by atoms with van der Waals surface area (Å²) in [5.41, 5.74) is 5.19. The second-order valence-electron chi connectivity index (χ2n) is 11.5. The SMILES string of the molecule is CCCCc1ccc([Si](Cn2ccnc2BC(c2ccccc2)c2ccccc2)(c2ccccc2)c2ccccc2)cc1. The van der Waals surface area contributed by atoms with Crippen molar-refractivity contribution in [1.82, 2.24) is 9.55 Å². The molecule has 0 saturated heterocycles. The van der Waals surface area contributed by atoms with Gasteiger partial charge in [0.25, 0.3) is 0 Å². The molecule has 0 aliphatic heterocycles. The molecule has 0 unspecified atom stereocenters. The third-order valence-electron chi connectivity index (χ3n) is 8.80. The Labute approximate surface area is 258 Å². The second-order valence-corrected chi connectivity index (χ2v) is 15.3. The van der Waals surface area contributed by atoms with Crippen LogP contribution in [0.15, 0.2) is 158 Å². The predicted octanol–water partition coefficient (Wildman–Crippen LogP) is 5.79. The van der Waals surface area contributed by atoms with Crippen molar-refractivity contribution in [3.8, 4) is 0 Å². The van der Waals surface area contributed by atoms with Crippen LogP contribution in [0.2, 0.25) is 0 Å². The van der Waals surface area contributed by atoms with Gasteiger partial charge in [0.05, 0.1) is 5.72 Å². The quantitative estimate of drug-likeness (QED) is 0.134. The Morgan fingerprint density at radius 3 is 1.63 bits per heavy atom. The van der Waals surface area contributed by atoms with Crippen molar-refractivity contribution < 1.29 is 0 Å². The third-order valence-corrected chi connectivity index (χ3v) is 13.6. The first-order valence-electron chi connectivity index (χ1n) is 15.6. The molecule has 0 spiro atoms. The molecular weight excluding hydrogens is 535 g/mol. The van der Waals surface area contributed by atoms with E-state index >= 15 is 0 Å². The van der Waals surface area contributed by atoms with Crippen molar-refractivity contribution in [1.29, 1.82) is 0 Å². The highest BCUT2D eigenvalue weighted by Crippen LogP contribution is 2.23. The van der Waals surface area contributed by atoms with Crippen LogP contribution in [-0.4, -0.2) is 24.9 Å². The van der Waals surface area contributed by atoms with Crippen LogP contribution in [0.3, 0.4) is 0 Å². The molecule has 1 aromatic heterocycles. The van der Waals surface area contributed by atoms with Gasteiger partial charge in [-0.05, 0) is 50.9 Å². The van der Waals surface area contributed by atoms with Crippen LogP contribution in [0.1, 0.15) is 42.3 Å². The van der Waals surface area contributed by atoms with Crippen molar-refractivity contribution in [2.24, 2.45) is 0 Å². The number of aryl methyl sites for hydroxylation is 1. The molecule has 0 N–H and O–H groups in total. The lowest BCUT2D eigenvalue weighted by Gasteiger charge is -2.35. The van der Waals surface area contributed by atoms with E-state index in [1.54, 1.807) is 0 Å². The maximum absolute atomic E-state index is 5.01. The maximum Gasteiger partial charge on any atom is 0.217 e. The first kappa shape index (κ1) is 28.7. The van der Waals surface area contributed by atoms with E-state index in [1.165, 1.54) is 45.1 Å². The van der Waals surface area contributed by atoms with E-state index in [4.69, 9.17) is 4.98 Å². The number of nitrogens with zero attached hydrogens (tertiary/aromatic N) is 2. The standard InChI is InChI=1S/C39H39BN2Si/c1-2-3-16-32-25-27-37(28-26-32)43(35-21-12-6-13-22-35,36-23-14-7-15-24-36)31-42-30-29-41-39(42)40-38(33-17-8-4-9-18-33)34-19-10-5-11-20-34/h4-15,17-30,38,40H,2-3,16,31H2,1H3. The highest BCUT2D eigenvalue weighted by molar-refractivity contribution is 7.10. The summed E-state index contributed by atoms with van der Waals surface area (Å²) >= 11 is 0. The van der Waals surface area contributed by atoms with E-state index in [1.807, 2.05) is 6.20 Å². The fourth-order valence-corrected chi connectivity index (χ4v) is 11.1. The van der Waals surface area contributed by atoms with Crippen molar-refractivity contribution in [3.05, 3.63) is 175 Å². The van der Waals surface area contributed by atoms with Gasteiger partial charge >= 0.3 is 0 Å². The fraction of sp³-hybridized carbons (Fsp3) is 0.154. The molecule has 0 bridgehead atoms. The van der Waals surface area contributed by atoms with Gasteiger partial charge in [0, 0.05) is 18.6 Å². The minimum absolute atomic E-state index is 0.228. The van der Waals surface area contributed by atoms with Gasteiger partial charge in [0.15, 0.2) is 8.07 Å². The van der Waals surface area contributed by atoms with Gasteiger partial charge < -0.3 is 4.57 Å². The molecule has 0 atom stereocenters. The normalized spacial score (nSPS) is 11.5. The highest BCUT2D eigenvalue weighted by atomic mass is 28.3. The lowest BCUT2D eigenvalue weighted by molar-refractivity contribution is 0.795. The lowest BCUT2D eigenvalue weighted by Crippen LogP contribution is -2.70. The van der Waals surface area contributed by atoms with Gasteiger partial charge in [-0.25, -0.2) is 0 Å². The first-order valence-corrected chi connectivity index (χ1v) is 17.8. The Bertz CT molecular complexity index is 1610. The average Bonchev–Trinajstić information content (AvgIpc) is 3.53. The van der Waals surface area contributed by atoms with E-state index in [0.717, 1.165) is 25.6 Å². The average molecular weight is 575 g/mol. The summed E-state index contributed by atoms with van der Waals surface area (Å²) in [7, 11) is -1.66. The molecule has 5 aromatic carbocycles. The van der Waals surface area contributed by atoms with Crippen LogP contribution in [-0.2, 0) is 12.6 Å². The first-order chi connectivity index (χ1) is 21.3. The number of aromatic nitrogens is 2. The Kier molecular flexibility index (Phi) is 9.15. The number of unbranched alkanes of at least 4 members (excludes halogenated alkanes) is 1. The monoisotopic (exact) mass is 574 g/mol. The van der Waals surface area contributed by atoms with Crippen molar-refractivity contribution in [2.75, 3.05) is 0 Å². The molecule has 212 valence electrons. The molecule has 4 heteroatoms. The Morgan fingerprint density at radius 1 is 0.628 bits per heavy atom. The molecule has 1 heterocycles. The van der Waals surface area contributed by atoms with Gasteiger partial charge in [-0.3, -0.25) is 4.98 Å². The van der Waals surface area contributed by atoms with E-state index < -0.39 is 8.07 Å². The van der Waals surface area contributed by atoms with E-state index in [9.17, 15) is 0 Å². The number of hydrogen-bond donors (Lipinski definition) is 0. The lowest BCUT2D eigenvalue weighted by atomic mass is 9.58. The fourth-order valence-electron chi connectivity index (χ4n) is 6.47. The van der Waals surface area contributed by atoms with Gasteiger partial charge in [-0.1, -0.05) is 159 Å². The topological polar surface area (TPSA) is 17.8 Å². The molecule has 6 aromatic rings. The summed E-state index contributed by atoms with van der Waals surface area (Å²) in [6, 6.07) is 53.8. The van der Waals surface area contributed by atoms with Crippen LogP contribution >= 0.6 is 0 Å². The second kappa shape index (κ2) is 13.7. The summed E-state index contributed by atoms with van der Waals surface area (Å²) in [6.45, 7) is 2.26. The molecule has 6 rings (SSSR count). The van der Waals surface area contributed by atoms with Crippen LogP contribution in [0.5, 0.6) is 0 Å². The Hall–Kier alpha value is -4.41. The zero-order chi connectivity index (χ0) is 29.3. The predicted molar refractivity (Wildman–Crippen MR) is 186 cm³/mol. The van der Waals surface area contributed by atoms with Crippen LogP contribution in [0.25, 0.3) is 0 Å². The molecule has 0 aliphatic carbocycles. The molecule has 0 saturated carbocycles. The van der Waals surface area contributed by atoms with Crippen LogP contribution in [0, 0.1) is 0 Å². The molecule has 0 radical (unpaired) electrons. The van der Waals surface area contributed by atoms with Gasteiger partial charge in [-0.2, -0.15) is 0 Å². The largest absolute Gasteiger partial charge is 0.345 e. The van der Waals surface area contributed by atoms with Crippen molar-refractivity contribution >= 4 is 36.6 Å². The maximum atomic E-state index is 5.01. The van der Waals surface area contributed by atoms with Gasteiger partial charge in [0.1, 0.15) is 0 Å². The molecule has 0 aliphatic rings. The van der Waals surface area contributed by atoms with Gasteiger partial charge in [-0.15, -0.1) is 0 Å². The zero-order valence-corrected chi connectivity index (χ0v) is 26.0. The Morgan fingerprint density at radius 2 is 1.12 bits per heavy atom. The highest BCUT2D eigenvalue weighted by Gasteiger charge is 2.40. The van der Waals surface area contributed by atoms with E-state index in [2.05, 4.69) is 163 Å². The minimum Gasteiger partial charge on any atom is -0.345 e. The number of rotatable bonds is 12. The van der Waals surface area contributed by atoms with Gasteiger partial charge in [0.2, 0.25) is 7.28 Å². The molecular formula is C39H39BN2Si. The third kappa shape index (κ3) is 6.35. The summed E-state index contributed by atoms with van der Waals surface area (Å²) < 4.78 is 2.45. The summed E-state index contributed by atoms with van der Waals surface area (Å²) in [5.74, 6) is 0.228. The number of imidazole rings is 1. The van der Waals surface area contributed by atoms with Crippen LogP contribution < -0.4 is 21.3 Å². The van der Waals surface area contributed by atoms with E-state index in [-0.39, 0.29) is 5.82 Å². The smallest absolute Gasteiger partial charge is 0.217 e. The summed E-state index contributed by atoms with van der Waals surface area (Å²) in [6.07, 6.45) is 8.65.